The molecule has 2 nitrogen and oxygen atoms in total. The van der Waals surface area contributed by atoms with Crippen LogP contribution in [0.15, 0.2) is 60.7 Å². The summed E-state index contributed by atoms with van der Waals surface area (Å²) in [5, 5.41) is 11.5. The molecule has 0 heterocycles. The Morgan fingerprint density at radius 3 is 1.50 bits per heavy atom. The standard InChI is InChI=1S/C15H14O2.K/c1-15(14(16)17,12-8-4-2-5-9-12)13-10-6-3-7-11-13;/h2-11H,1H3,(H,16,17);/q;+1/p-1. The van der Waals surface area contributed by atoms with Crippen LogP contribution in [0.4, 0.5) is 0 Å². The van der Waals surface area contributed by atoms with Crippen molar-refractivity contribution in [2.24, 2.45) is 0 Å². The van der Waals surface area contributed by atoms with E-state index in [0.717, 1.165) is 11.1 Å². The van der Waals surface area contributed by atoms with Gasteiger partial charge in [-0.15, -0.1) is 0 Å². The van der Waals surface area contributed by atoms with E-state index in [9.17, 15) is 9.90 Å². The molecule has 0 aliphatic carbocycles. The summed E-state index contributed by atoms with van der Waals surface area (Å²) in [6, 6.07) is 18.3. The first-order valence-electron chi connectivity index (χ1n) is 5.48. The number of hydrogen-bond acceptors (Lipinski definition) is 2. The molecule has 86 valence electrons. The predicted molar refractivity (Wildman–Crippen MR) is 64.3 cm³/mol. The number of benzene rings is 2. The van der Waals surface area contributed by atoms with E-state index >= 15 is 0 Å². The minimum absolute atomic E-state index is 0. The van der Waals surface area contributed by atoms with E-state index in [-0.39, 0.29) is 51.4 Å². The molecule has 0 aliphatic rings. The van der Waals surface area contributed by atoms with Gasteiger partial charge in [0, 0.05) is 0 Å². The second kappa shape index (κ2) is 6.64. The Bertz CT molecular complexity index is 469. The van der Waals surface area contributed by atoms with Gasteiger partial charge in [0.15, 0.2) is 0 Å². The molecule has 0 bridgehead atoms. The second-order valence-corrected chi connectivity index (χ2v) is 4.14. The SMILES string of the molecule is CC(C(=O)[O-])(c1ccccc1)c1ccccc1.[K+]. The summed E-state index contributed by atoms with van der Waals surface area (Å²) in [7, 11) is 0. The van der Waals surface area contributed by atoms with Crippen molar-refractivity contribution < 1.29 is 61.3 Å². The van der Waals surface area contributed by atoms with Crippen LogP contribution in [0.25, 0.3) is 0 Å². The quantitative estimate of drug-likeness (QED) is 0.650. The molecule has 0 aliphatic heterocycles. The summed E-state index contributed by atoms with van der Waals surface area (Å²) >= 11 is 0. The van der Waals surface area contributed by atoms with Crippen LogP contribution in [0.3, 0.4) is 0 Å². The molecule has 0 saturated carbocycles. The molecular weight excluding hydrogens is 251 g/mol. The average Bonchev–Trinajstić information content (AvgIpc) is 2.39. The molecule has 2 rings (SSSR count). The monoisotopic (exact) mass is 264 g/mol. The maximum Gasteiger partial charge on any atom is 1.00 e. The largest absolute Gasteiger partial charge is 1.00 e. The first-order valence-corrected chi connectivity index (χ1v) is 5.48. The van der Waals surface area contributed by atoms with Crippen LogP contribution in [0, 0.1) is 0 Å². The van der Waals surface area contributed by atoms with Crippen molar-refractivity contribution in [1.82, 2.24) is 0 Å². The molecule has 18 heavy (non-hydrogen) atoms. The van der Waals surface area contributed by atoms with Crippen molar-refractivity contribution in [3.05, 3.63) is 71.8 Å². The Morgan fingerprint density at radius 2 is 1.22 bits per heavy atom. The summed E-state index contributed by atoms with van der Waals surface area (Å²) in [5.74, 6) is -1.09. The van der Waals surface area contributed by atoms with Crippen molar-refractivity contribution in [2.75, 3.05) is 0 Å². The third kappa shape index (κ3) is 2.92. The van der Waals surface area contributed by atoms with Crippen LogP contribution in [-0.4, -0.2) is 5.97 Å². The molecule has 0 atom stereocenters. The van der Waals surface area contributed by atoms with Crippen molar-refractivity contribution in [3.63, 3.8) is 0 Å². The molecule has 0 radical (unpaired) electrons. The third-order valence-electron chi connectivity index (χ3n) is 3.11. The van der Waals surface area contributed by atoms with Crippen LogP contribution in [0.1, 0.15) is 18.1 Å². The van der Waals surface area contributed by atoms with E-state index < -0.39 is 11.4 Å². The fourth-order valence-corrected chi connectivity index (χ4v) is 1.95. The Labute approximate surface area is 149 Å². The predicted octanol–water partition coefficient (Wildman–Crippen LogP) is -1.25. The Hall–Kier alpha value is -0.454. The molecule has 0 saturated heterocycles. The summed E-state index contributed by atoms with van der Waals surface area (Å²) in [5.41, 5.74) is 0.347. The molecule has 2 aromatic rings. The van der Waals surface area contributed by atoms with Crippen LogP contribution in [0.5, 0.6) is 0 Å². The van der Waals surface area contributed by atoms with Crippen molar-refractivity contribution in [1.29, 1.82) is 0 Å². The molecule has 3 heteroatoms. The first kappa shape index (κ1) is 15.6. The summed E-state index contributed by atoms with van der Waals surface area (Å²) in [4.78, 5) is 11.5. The zero-order chi connectivity index (χ0) is 12.3. The average molecular weight is 264 g/mol. The van der Waals surface area contributed by atoms with Crippen molar-refractivity contribution in [2.45, 2.75) is 12.3 Å². The first-order chi connectivity index (χ1) is 8.15. The third-order valence-corrected chi connectivity index (χ3v) is 3.11. The van der Waals surface area contributed by atoms with Crippen molar-refractivity contribution >= 4 is 5.97 Å². The van der Waals surface area contributed by atoms with Crippen molar-refractivity contribution in [3.8, 4) is 0 Å². The Kier molecular flexibility index (Phi) is 5.75. The van der Waals surface area contributed by atoms with Crippen LogP contribution in [-0.2, 0) is 10.2 Å². The fourth-order valence-electron chi connectivity index (χ4n) is 1.95. The zero-order valence-electron chi connectivity index (χ0n) is 10.6. The minimum Gasteiger partial charge on any atom is -0.549 e. The van der Waals surface area contributed by atoms with Gasteiger partial charge in [-0.2, -0.15) is 0 Å². The van der Waals surface area contributed by atoms with Gasteiger partial charge in [0.25, 0.3) is 0 Å². The van der Waals surface area contributed by atoms with Gasteiger partial charge in [-0.1, -0.05) is 60.7 Å². The maximum absolute atomic E-state index is 11.5. The molecule has 0 aromatic heterocycles. The molecular formula is C15H13KO2. The summed E-state index contributed by atoms with van der Waals surface area (Å²) in [6.07, 6.45) is 0. The van der Waals surface area contributed by atoms with E-state index in [0.29, 0.717) is 0 Å². The minimum atomic E-state index is -1.11. The van der Waals surface area contributed by atoms with E-state index in [1.54, 1.807) is 6.92 Å². The Morgan fingerprint density at radius 1 is 0.889 bits per heavy atom. The van der Waals surface area contributed by atoms with Crippen LogP contribution >= 0.6 is 0 Å². The van der Waals surface area contributed by atoms with Gasteiger partial charge in [0.1, 0.15) is 0 Å². The van der Waals surface area contributed by atoms with E-state index in [4.69, 9.17) is 0 Å². The molecule has 2 aromatic carbocycles. The van der Waals surface area contributed by atoms with Gasteiger partial charge in [-0.05, 0) is 18.1 Å². The van der Waals surface area contributed by atoms with Gasteiger partial charge in [-0.25, -0.2) is 0 Å². The van der Waals surface area contributed by atoms with Gasteiger partial charge in [0.2, 0.25) is 0 Å². The fraction of sp³-hybridized carbons (Fsp3) is 0.133. The number of carboxylic acids is 1. The smallest absolute Gasteiger partial charge is 0.549 e. The number of carboxylic acid groups (broad SMARTS) is 1. The summed E-state index contributed by atoms with van der Waals surface area (Å²) < 4.78 is 0. The van der Waals surface area contributed by atoms with Gasteiger partial charge < -0.3 is 9.90 Å². The molecule has 0 amide bonds. The van der Waals surface area contributed by atoms with Crippen LogP contribution in [0.2, 0.25) is 0 Å². The Balaban J connectivity index is 0.00000162. The number of aliphatic carboxylic acids is 1. The number of hydrogen-bond donors (Lipinski definition) is 0. The number of rotatable bonds is 3. The topological polar surface area (TPSA) is 40.1 Å². The van der Waals surface area contributed by atoms with Gasteiger partial charge in [0.05, 0.1) is 11.4 Å². The molecule has 0 spiro atoms. The molecule has 0 unspecified atom stereocenters. The number of carbonyl (C=O) groups is 1. The van der Waals surface area contributed by atoms with Crippen LogP contribution < -0.4 is 56.5 Å². The zero-order valence-corrected chi connectivity index (χ0v) is 13.7. The normalized spacial score (nSPS) is 10.5. The van der Waals surface area contributed by atoms with Gasteiger partial charge in [-0.3, -0.25) is 0 Å². The van der Waals surface area contributed by atoms with Gasteiger partial charge >= 0.3 is 51.4 Å². The second-order valence-electron chi connectivity index (χ2n) is 4.14. The van der Waals surface area contributed by atoms with E-state index in [1.807, 2.05) is 60.7 Å². The summed E-state index contributed by atoms with van der Waals surface area (Å²) in [6.45, 7) is 1.67. The maximum atomic E-state index is 11.5. The molecule has 0 fully saturated rings. The van der Waals surface area contributed by atoms with E-state index in [1.165, 1.54) is 0 Å². The number of carbonyl (C=O) groups excluding carboxylic acids is 1. The van der Waals surface area contributed by atoms with E-state index in [2.05, 4.69) is 0 Å². The molecule has 0 N–H and O–H groups in total.